The summed E-state index contributed by atoms with van der Waals surface area (Å²) in [6.07, 6.45) is 40.9. The number of amides is 1. The molecule has 0 aliphatic carbocycles. The van der Waals surface area contributed by atoms with Crippen LogP contribution in [-0.4, -0.2) is 193 Å². The summed E-state index contributed by atoms with van der Waals surface area (Å²) < 4.78 is 34.3. The number of ether oxygens (including phenoxy) is 6. The summed E-state index contributed by atoms with van der Waals surface area (Å²) in [7, 11) is 0. The first-order valence-electron chi connectivity index (χ1n) is 38.6. The summed E-state index contributed by atoms with van der Waals surface area (Å²) in [6.45, 7) is 1.73. The van der Waals surface area contributed by atoms with Crippen molar-refractivity contribution in [3.8, 4) is 0 Å². The zero-order valence-electron chi connectivity index (χ0n) is 59.0. The van der Waals surface area contributed by atoms with Gasteiger partial charge in [0.05, 0.1) is 38.6 Å². The molecule has 3 aliphatic rings. The lowest BCUT2D eigenvalue weighted by molar-refractivity contribution is -0.379. The third-order valence-corrected chi connectivity index (χ3v) is 19.5. The van der Waals surface area contributed by atoms with Crippen molar-refractivity contribution < 1.29 is 89.4 Å². The summed E-state index contributed by atoms with van der Waals surface area (Å²) in [4.78, 5) is 13.4. The molecule has 0 spiro atoms. The van der Waals surface area contributed by atoms with Crippen LogP contribution in [0.4, 0.5) is 0 Å². The maximum atomic E-state index is 13.4. The molecule has 3 saturated heterocycles. The van der Waals surface area contributed by atoms with E-state index in [0.717, 1.165) is 44.9 Å². The molecule has 19 heteroatoms. The molecule has 0 aromatic rings. The Kier molecular flexibility index (Phi) is 52.4. The van der Waals surface area contributed by atoms with Crippen molar-refractivity contribution in [3.63, 3.8) is 0 Å². The number of allylic oxidation sites excluding steroid dienone is 3. The lowest BCUT2D eigenvalue weighted by Crippen LogP contribution is -2.66. The Morgan fingerprint density at radius 1 is 0.372 bits per heavy atom. The lowest BCUT2D eigenvalue weighted by atomic mass is 9.96. The summed E-state index contributed by atoms with van der Waals surface area (Å²) in [5.41, 5.74) is 0. The number of carbonyl (C=O) groups is 1. The highest BCUT2D eigenvalue weighted by molar-refractivity contribution is 5.76. The number of hydrogen-bond donors (Lipinski definition) is 12. The van der Waals surface area contributed by atoms with E-state index in [1.807, 2.05) is 6.08 Å². The molecule has 94 heavy (non-hydrogen) atoms. The standard InChI is InChI=1S/C75H141NO18/c1-3-5-7-9-11-13-15-16-17-18-19-20-21-22-23-24-25-26-27-28-29-30-31-32-33-34-35-36-37-38-39-40-41-42-43-45-47-49-51-53-63(81)76-58(59(80)52-50-48-46-44-14-12-10-8-6-4-2)57-89-73-69(87)66(84)71(61(55-78)91-73)94-75-70(88)67(85)72(62(56-79)92-75)93-74-68(86)65(83)64(82)60(54-77)90-74/h18-19,50,52,58-62,64-75,77-80,82-88H,3-17,20-49,51,53-57H2,1-2H3,(H,76,81)/b19-18-,52-50+. The molecule has 0 saturated carbocycles. The van der Waals surface area contributed by atoms with Gasteiger partial charge in [0.15, 0.2) is 18.9 Å². The van der Waals surface area contributed by atoms with Gasteiger partial charge in [-0.1, -0.05) is 289 Å². The average molecular weight is 1340 g/mol. The van der Waals surface area contributed by atoms with Gasteiger partial charge in [-0.25, -0.2) is 0 Å². The van der Waals surface area contributed by atoms with Gasteiger partial charge in [0, 0.05) is 6.42 Å². The Labute approximate surface area is 568 Å². The second-order valence-corrected chi connectivity index (χ2v) is 27.8. The van der Waals surface area contributed by atoms with Crippen molar-refractivity contribution in [2.24, 2.45) is 0 Å². The van der Waals surface area contributed by atoms with Gasteiger partial charge in [-0.15, -0.1) is 0 Å². The van der Waals surface area contributed by atoms with Crippen molar-refractivity contribution in [2.45, 2.75) is 420 Å². The molecule has 0 bridgehead atoms. The second-order valence-electron chi connectivity index (χ2n) is 27.8. The third kappa shape index (κ3) is 37.6. The number of rotatable bonds is 61. The van der Waals surface area contributed by atoms with Crippen LogP contribution in [0, 0.1) is 0 Å². The molecule has 3 fully saturated rings. The third-order valence-electron chi connectivity index (χ3n) is 19.5. The fraction of sp³-hybridized carbons (Fsp3) is 0.933. The number of carbonyl (C=O) groups excluding carboxylic acids is 1. The monoisotopic (exact) mass is 1340 g/mol. The van der Waals surface area contributed by atoms with Gasteiger partial charge in [-0.05, 0) is 44.9 Å². The first kappa shape index (κ1) is 86.5. The van der Waals surface area contributed by atoms with E-state index in [1.165, 1.54) is 244 Å². The maximum absolute atomic E-state index is 13.4. The molecule has 17 unspecified atom stereocenters. The van der Waals surface area contributed by atoms with E-state index >= 15 is 0 Å². The van der Waals surface area contributed by atoms with Crippen LogP contribution in [0.5, 0.6) is 0 Å². The quantitative estimate of drug-likeness (QED) is 0.0199. The predicted octanol–water partition coefficient (Wildman–Crippen LogP) is 11.8. The summed E-state index contributed by atoms with van der Waals surface area (Å²) in [5.74, 6) is -0.272. The van der Waals surface area contributed by atoms with Crippen LogP contribution in [0.15, 0.2) is 24.3 Å². The predicted molar refractivity (Wildman–Crippen MR) is 370 cm³/mol. The first-order chi connectivity index (χ1) is 45.8. The van der Waals surface area contributed by atoms with Crippen molar-refractivity contribution >= 4 is 5.91 Å². The van der Waals surface area contributed by atoms with E-state index in [4.69, 9.17) is 28.4 Å². The zero-order valence-corrected chi connectivity index (χ0v) is 59.0. The molecule has 0 aromatic carbocycles. The van der Waals surface area contributed by atoms with E-state index in [1.54, 1.807) is 6.08 Å². The van der Waals surface area contributed by atoms with Gasteiger partial charge in [0.2, 0.25) is 5.91 Å². The maximum Gasteiger partial charge on any atom is 0.220 e. The highest BCUT2D eigenvalue weighted by Crippen LogP contribution is 2.33. The van der Waals surface area contributed by atoms with Crippen LogP contribution < -0.4 is 5.32 Å². The van der Waals surface area contributed by atoms with Crippen LogP contribution in [0.1, 0.15) is 316 Å². The largest absolute Gasteiger partial charge is 0.394 e. The molecule has 1 amide bonds. The number of unbranched alkanes of at least 4 members (excludes halogenated alkanes) is 43. The van der Waals surface area contributed by atoms with Gasteiger partial charge < -0.3 is 89.9 Å². The molecule has 19 nitrogen and oxygen atoms in total. The number of aliphatic hydroxyl groups excluding tert-OH is 11. The van der Waals surface area contributed by atoms with E-state index in [-0.39, 0.29) is 18.9 Å². The van der Waals surface area contributed by atoms with Crippen LogP contribution >= 0.6 is 0 Å². The molecule has 3 aliphatic heterocycles. The van der Waals surface area contributed by atoms with E-state index in [0.29, 0.717) is 6.42 Å². The van der Waals surface area contributed by atoms with Crippen molar-refractivity contribution in [1.29, 1.82) is 0 Å². The Balaban J connectivity index is 1.25. The van der Waals surface area contributed by atoms with Crippen molar-refractivity contribution in [2.75, 3.05) is 26.4 Å². The Hall–Kier alpha value is -1.73. The van der Waals surface area contributed by atoms with Crippen LogP contribution in [0.3, 0.4) is 0 Å². The molecular formula is C75H141NO18. The second kappa shape index (κ2) is 57.0. The van der Waals surface area contributed by atoms with Gasteiger partial charge in [0.1, 0.15) is 73.2 Å². The van der Waals surface area contributed by atoms with Crippen molar-refractivity contribution in [1.82, 2.24) is 5.32 Å². The minimum Gasteiger partial charge on any atom is -0.394 e. The normalized spacial score (nSPS) is 27.4. The average Bonchev–Trinajstić information content (AvgIpc) is 0.788. The molecule has 12 N–H and O–H groups in total. The Bertz CT molecular complexity index is 1800. The first-order valence-corrected chi connectivity index (χ1v) is 38.6. The lowest BCUT2D eigenvalue weighted by Gasteiger charge is -2.48. The molecule has 17 atom stereocenters. The molecule has 0 aromatic heterocycles. The smallest absolute Gasteiger partial charge is 0.220 e. The van der Waals surface area contributed by atoms with Gasteiger partial charge in [-0.2, -0.15) is 0 Å². The fourth-order valence-electron chi connectivity index (χ4n) is 13.2. The Morgan fingerprint density at radius 2 is 0.670 bits per heavy atom. The minimum absolute atomic E-state index is 0.248. The summed E-state index contributed by atoms with van der Waals surface area (Å²) in [6, 6.07) is -0.968. The molecular weight excluding hydrogens is 1200 g/mol. The molecule has 0 radical (unpaired) electrons. The topological polar surface area (TPSA) is 307 Å². The zero-order chi connectivity index (χ0) is 68.2. The summed E-state index contributed by atoms with van der Waals surface area (Å²) in [5, 5.41) is 120. The summed E-state index contributed by atoms with van der Waals surface area (Å²) >= 11 is 0. The van der Waals surface area contributed by atoms with Crippen molar-refractivity contribution in [3.05, 3.63) is 24.3 Å². The minimum atomic E-state index is -1.98. The van der Waals surface area contributed by atoms with E-state index < -0.39 is 124 Å². The molecule has 3 heterocycles. The highest BCUT2D eigenvalue weighted by atomic mass is 16.8. The highest BCUT2D eigenvalue weighted by Gasteiger charge is 2.53. The molecule has 3 rings (SSSR count). The van der Waals surface area contributed by atoms with Gasteiger partial charge >= 0.3 is 0 Å². The fourth-order valence-corrected chi connectivity index (χ4v) is 13.2. The van der Waals surface area contributed by atoms with Crippen LogP contribution in [0.25, 0.3) is 0 Å². The van der Waals surface area contributed by atoms with Gasteiger partial charge in [0.25, 0.3) is 0 Å². The van der Waals surface area contributed by atoms with E-state index in [9.17, 15) is 61.0 Å². The number of aliphatic hydroxyl groups is 11. The number of hydrogen-bond acceptors (Lipinski definition) is 18. The van der Waals surface area contributed by atoms with Crippen LogP contribution in [-0.2, 0) is 33.2 Å². The Morgan fingerprint density at radius 3 is 1.03 bits per heavy atom. The van der Waals surface area contributed by atoms with E-state index in [2.05, 4.69) is 31.3 Å². The van der Waals surface area contributed by atoms with Gasteiger partial charge in [-0.3, -0.25) is 4.79 Å². The molecule has 554 valence electrons. The SMILES string of the molecule is CCCCCCCCCC/C=C\CCCCCCCCCCCCCCCCCCCCCCCCCCCCCC(=O)NC(COC1OC(CO)C(OC2OC(CO)C(OC3OC(CO)C(O)C(O)C3O)C(O)C2O)C(O)C1O)C(O)/C=C/CCCCCCCCCC. The van der Waals surface area contributed by atoms with Crippen LogP contribution in [0.2, 0.25) is 0 Å². The number of nitrogens with one attached hydrogen (secondary N) is 1.